The third kappa shape index (κ3) is 2.86. The van der Waals surface area contributed by atoms with Crippen LogP contribution in [0.5, 0.6) is 0 Å². The summed E-state index contributed by atoms with van der Waals surface area (Å²) in [7, 11) is 0. The highest BCUT2D eigenvalue weighted by molar-refractivity contribution is 14.1. The summed E-state index contributed by atoms with van der Waals surface area (Å²) in [6, 6.07) is 12.7. The molecular weight excluding hydrogens is 361 g/mol. The van der Waals surface area contributed by atoms with Gasteiger partial charge in [0.1, 0.15) is 0 Å². The van der Waals surface area contributed by atoms with Crippen molar-refractivity contribution in [3.05, 3.63) is 50.6 Å². The number of nitrogens with two attached hydrogens (primary N) is 1. The first-order valence-corrected chi connectivity index (χ1v) is 6.57. The Bertz CT molecular complexity index is 635. The molecule has 0 aliphatic heterocycles. The molecule has 0 aliphatic carbocycles. The number of halogens is 2. The lowest BCUT2D eigenvalue weighted by atomic mass is 10.2. The van der Waals surface area contributed by atoms with E-state index in [-0.39, 0.29) is 0 Å². The summed E-state index contributed by atoms with van der Waals surface area (Å²) >= 11 is 8.09. The number of rotatable bonds is 2. The molecule has 18 heavy (non-hydrogen) atoms. The fourth-order valence-electron chi connectivity index (χ4n) is 1.47. The number of hydrogen-bond donors (Lipinski definition) is 2. The van der Waals surface area contributed by atoms with Crippen molar-refractivity contribution in [1.82, 2.24) is 0 Å². The molecule has 0 unspecified atom stereocenters. The van der Waals surface area contributed by atoms with Crippen molar-refractivity contribution in [2.75, 3.05) is 11.1 Å². The van der Waals surface area contributed by atoms with Crippen LogP contribution < -0.4 is 11.1 Å². The highest BCUT2D eigenvalue weighted by Crippen LogP contribution is 2.28. The minimum absolute atomic E-state index is 0.565. The highest BCUT2D eigenvalue weighted by atomic mass is 127. The number of nitriles is 1. The van der Waals surface area contributed by atoms with Crippen molar-refractivity contribution in [1.29, 1.82) is 5.26 Å². The molecule has 3 N–H and O–H groups in total. The Labute approximate surface area is 124 Å². The molecule has 5 heteroatoms. The minimum atomic E-state index is 0.565. The van der Waals surface area contributed by atoms with Gasteiger partial charge < -0.3 is 11.1 Å². The molecule has 0 saturated carbocycles. The standard InChI is InChI=1S/C13H9ClIN3/c14-9-2-4-12(10(15)6-9)18-13-5-8(7-16)1-3-11(13)17/h1-6,18H,17H2. The largest absolute Gasteiger partial charge is 0.397 e. The Morgan fingerprint density at radius 1 is 1.17 bits per heavy atom. The van der Waals surface area contributed by atoms with Crippen molar-refractivity contribution < 1.29 is 0 Å². The van der Waals surface area contributed by atoms with Gasteiger partial charge in [-0.3, -0.25) is 0 Å². The first-order chi connectivity index (χ1) is 8.60. The zero-order chi connectivity index (χ0) is 13.1. The van der Waals surface area contributed by atoms with E-state index in [1.165, 1.54) is 0 Å². The average molecular weight is 370 g/mol. The SMILES string of the molecule is N#Cc1ccc(N)c(Nc2ccc(Cl)cc2I)c1. The fraction of sp³-hybridized carbons (Fsp3) is 0. The number of benzene rings is 2. The Kier molecular flexibility index (Phi) is 3.94. The topological polar surface area (TPSA) is 61.8 Å². The molecule has 0 bridgehead atoms. The molecule has 0 heterocycles. The molecular formula is C13H9ClIN3. The van der Waals surface area contributed by atoms with Crippen LogP contribution in [-0.2, 0) is 0 Å². The van der Waals surface area contributed by atoms with Crippen LogP contribution in [-0.4, -0.2) is 0 Å². The predicted octanol–water partition coefficient (Wildman–Crippen LogP) is 4.14. The number of nitrogens with zero attached hydrogens (tertiary/aromatic N) is 1. The summed E-state index contributed by atoms with van der Waals surface area (Å²) < 4.78 is 0.988. The minimum Gasteiger partial charge on any atom is -0.397 e. The van der Waals surface area contributed by atoms with Crippen LogP contribution >= 0.6 is 34.2 Å². The van der Waals surface area contributed by atoms with Gasteiger partial charge in [0.25, 0.3) is 0 Å². The van der Waals surface area contributed by atoms with Crippen molar-refractivity contribution >= 4 is 51.3 Å². The first kappa shape index (κ1) is 13.0. The first-order valence-electron chi connectivity index (χ1n) is 5.12. The van der Waals surface area contributed by atoms with Crippen LogP contribution in [0.2, 0.25) is 5.02 Å². The third-order valence-electron chi connectivity index (χ3n) is 2.38. The summed E-state index contributed by atoms with van der Waals surface area (Å²) in [6.07, 6.45) is 0. The number of anilines is 3. The van der Waals surface area contributed by atoms with Gasteiger partial charge in [-0.05, 0) is 59.0 Å². The van der Waals surface area contributed by atoms with E-state index < -0.39 is 0 Å². The molecule has 0 fully saturated rings. The van der Waals surface area contributed by atoms with Crippen LogP contribution in [0.25, 0.3) is 0 Å². The monoisotopic (exact) mass is 369 g/mol. The smallest absolute Gasteiger partial charge is 0.0992 e. The fourth-order valence-corrected chi connectivity index (χ4v) is 2.48. The van der Waals surface area contributed by atoms with Crippen molar-refractivity contribution in [2.45, 2.75) is 0 Å². The molecule has 0 amide bonds. The van der Waals surface area contributed by atoms with Crippen LogP contribution in [0.3, 0.4) is 0 Å². The second-order valence-corrected chi connectivity index (χ2v) is 5.26. The maximum Gasteiger partial charge on any atom is 0.0992 e. The normalized spacial score (nSPS) is 9.83. The van der Waals surface area contributed by atoms with Crippen LogP contribution in [0.4, 0.5) is 17.1 Å². The summed E-state index contributed by atoms with van der Waals surface area (Å²) in [5.74, 6) is 0. The molecule has 0 aliphatic rings. The Balaban J connectivity index is 2.37. The lowest BCUT2D eigenvalue weighted by Gasteiger charge is -2.11. The van der Waals surface area contributed by atoms with E-state index in [1.807, 2.05) is 12.1 Å². The molecule has 0 aromatic heterocycles. The quantitative estimate of drug-likeness (QED) is 0.618. The molecule has 0 saturated heterocycles. The zero-order valence-electron chi connectivity index (χ0n) is 9.24. The van der Waals surface area contributed by atoms with E-state index in [0.717, 1.165) is 9.26 Å². The lowest BCUT2D eigenvalue weighted by molar-refractivity contribution is 1.46. The molecule has 0 radical (unpaired) electrons. The van der Waals surface area contributed by atoms with Gasteiger partial charge in [0.2, 0.25) is 0 Å². The van der Waals surface area contributed by atoms with Crippen LogP contribution in [0, 0.1) is 14.9 Å². The number of hydrogen-bond acceptors (Lipinski definition) is 3. The van der Waals surface area contributed by atoms with E-state index >= 15 is 0 Å². The second kappa shape index (κ2) is 5.46. The zero-order valence-corrected chi connectivity index (χ0v) is 12.2. The van der Waals surface area contributed by atoms with Gasteiger partial charge in [-0.1, -0.05) is 11.6 Å². The lowest BCUT2D eigenvalue weighted by Crippen LogP contribution is -1.98. The molecule has 0 atom stereocenters. The van der Waals surface area contributed by atoms with Crippen molar-refractivity contribution in [3.8, 4) is 6.07 Å². The molecule has 0 spiro atoms. The van der Waals surface area contributed by atoms with E-state index in [1.54, 1.807) is 24.3 Å². The average Bonchev–Trinajstić information content (AvgIpc) is 2.35. The Morgan fingerprint density at radius 2 is 1.94 bits per heavy atom. The second-order valence-electron chi connectivity index (χ2n) is 3.66. The maximum absolute atomic E-state index is 8.87. The molecule has 90 valence electrons. The highest BCUT2D eigenvalue weighted by Gasteiger charge is 2.05. The Morgan fingerprint density at radius 3 is 2.61 bits per heavy atom. The third-order valence-corrected chi connectivity index (χ3v) is 3.51. The van der Waals surface area contributed by atoms with Crippen LogP contribution in [0.1, 0.15) is 5.56 Å². The van der Waals surface area contributed by atoms with E-state index in [9.17, 15) is 0 Å². The van der Waals surface area contributed by atoms with Crippen LogP contribution in [0.15, 0.2) is 36.4 Å². The summed E-state index contributed by atoms with van der Waals surface area (Å²) in [5, 5.41) is 12.8. The van der Waals surface area contributed by atoms with E-state index in [2.05, 4.69) is 34.0 Å². The van der Waals surface area contributed by atoms with Crippen molar-refractivity contribution in [3.63, 3.8) is 0 Å². The van der Waals surface area contributed by atoms with Gasteiger partial charge in [0, 0.05) is 8.59 Å². The maximum atomic E-state index is 8.87. The van der Waals surface area contributed by atoms with Crippen molar-refractivity contribution in [2.24, 2.45) is 0 Å². The van der Waals surface area contributed by atoms with Gasteiger partial charge in [-0.25, -0.2) is 0 Å². The summed E-state index contributed by atoms with van der Waals surface area (Å²) in [4.78, 5) is 0. The molecule has 2 rings (SSSR count). The van der Waals surface area contributed by atoms with E-state index in [4.69, 9.17) is 22.6 Å². The molecule has 2 aromatic rings. The van der Waals surface area contributed by atoms with Gasteiger partial charge in [-0.15, -0.1) is 0 Å². The van der Waals surface area contributed by atoms with Gasteiger partial charge in [0.05, 0.1) is 28.7 Å². The number of nitrogen functional groups attached to an aromatic ring is 1. The number of nitrogens with one attached hydrogen (secondary N) is 1. The van der Waals surface area contributed by atoms with E-state index in [0.29, 0.717) is 22.0 Å². The summed E-state index contributed by atoms with van der Waals surface area (Å²) in [6.45, 7) is 0. The molecule has 2 aromatic carbocycles. The molecule has 3 nitrogen and oxygen atoms in total. The van der Waals surface area contributed by atoms with Gasteiger partial charge in [-0.2, -0.15) is 5.26 Å². The summed E-state index contributed by atoms with van der Waals surface area (Å²) in [5.41, 5.74) is 8.66. The van der Waals surface area contributed by atoms with Gasteiger partial charge >= 0.3 is 0 Å². The predicted molar refractivity (Wildman–Crippen MR) is 83.0 cm³/mol. The van der Waals surface area contributed by atoms with Gasteiger partial charge in [0.15, 0.2) is 0 Å². The Hall–Kier alpha value is -1.45.